The second-order valence-corrected chi connectivity index (χ2v) is 2.56. The highest BCUT2D eigenvalue weighted by atomic mass is 16.5. The van der Waals surface area contributed by atoms with E-state index >= 15 is 0 Å². The number of methoxy groups -OCH3 is 1. The largest absolute Gasteiger partial charge is 0.493 e. The van der Waals surface area contributed by atoms with Crippen LogP contribution < -0.4 is 20.9 Å². The highest BCUT2D eigenvalue weighted by Gasteiger charge is 2.06. The lowest BCUT2D eigenvalue weighted by atomic mass is 10.2. The van der Waals surface area contributed by atoms with E-state index in [0.717, 1.165) is 0 Å². The summed E-state index contributed by atoms with van der Waals surface area (Å²) in [6, 6.07) is 3.32. The molecule has 0 bridgehead atoms. The summed E-state index contributed by atoms with van der Waals surface area (Å²) in [6.45, 7) is 2.46. The van der Waals surface area contributed by atoms with Crippen molar-refractivity contribution < 1.29 is 9.47 Å². The van der Waals surface area contributed by atoms with Gasteiger partial charge in [-0.15, -0.1) is 0 Å². The predicted octanol–water partition coefficient (Wildman–Crippen LogP) is 1.26. The molecule has 1 rings (SSSR count). The van der Waals surface area contributed by atoms with Gasteiger partial charge in [0, 0.05) is 12.1 Å². The van der Waals surface area contributed by atoms with E-state index in [2.05, 4.69) is 0 Å². The van der Waals surface area contributed by atoms with Crippen molar-refractivity contribution in [3.8, 4) is 11.5 Å². The van der Waals surface area contributed by atoms with Gasteiger partial charge in [0.2, 0.25) is 0 Å². The molecule has 0 atom stereocenters. The smallest absolute Gasteiger partial charge is 0.163 e. The molecule has 1 aromatic carbocycles. The molecule has 0 radical (unpaired) electrons. The van der Waals surface area contributed by atoms with Crippen LogP contribution in [0.4, 0.5) is 11.4 Å². The summed E-state index contributed by atoms with van der Waals surface area (Å²) < 4.78 is 10.4. The molecule has 0 spiro atoms. The van der Waals surface area contributed by atoms with Crippen LogP contribution in [0.25, 0.3) is 0 Å². The van der Waals surface area contributed by atoms with Crippen molar-refractivity contribution in [3.05, 3.63) is 12.1 Å². The molecule has 4 N–H and O–H groups in total. The summed E-state index contributed by atoms with van der Waals surface area (Å²) in [7, 11) is 1.56. The zero-order chi connectivity index (χ0) is 9.84. The lowest BCUT2D eigenvalue weighted by molar-refractivity contribution is 0.311. The molecule has 0 fully saturated rings. The minimum absolute atomic E-state index is 0.500. The Kier molecular flexibility index (Phi) is 2.84. The Labute approximate surface area is 77.4 Å². The Morgan fingerprint density at radius 1 is 1.15 bits per heavy atom. The van der Waals surface area contributed by atoms with Crippen LogP contribution in [0.3, 0.4) is 0 Å². The molecule has 0 amide bonds. The fourth-order valence-corrected chi connectivity index (χ4v) is 1.02. The zero-order valence-corrected chi connectivity index (χ0v) is 7.83. The fraction of sp³-hybridized carbons (Fsp3) is 0.333. The van der Waals surface area contributed by atoms with E-state index in [9.17, 15) is 0 Å². The van der Waals surface area contributed by atoms with Crippen molar-refractivity contribution in [2.75, 3.05) is 25.2 Å². The van der Waals surface area contributed by atoms with Gasteiger partial charge in [0.15, 0.2) is 11.5 Å². The SMILES string of the molecule is CCOc1cc(N)c(N)cc1OC. The summed E-state index contributed by atoms with van der Waals surface area (Å²) in [5.41, 5.74) is 12.2. The molecule has 4 heteroatoms. The number of hydrogen-bond acceptors (Lipinski definition) is 4. The van der Waals surface area contributed by atoms with Gasteiger partial charge in [0.25, 0.3) is 0 Å². The summed E-state index contributed by atoms with van der Waals surface area (Å²) in [6.07, 6.45) is 0. The van der Waals surface area contributed by atoms with Crippen LogP contribution in [0.15, 0.2) is 12.1 Å². The Balaban J connectivity index is 3.09. The van der Waals surface area contributed by atoms with Gasteiger partial charge in [-0.2, -0.15) is 0 Å². The molecule has 13 heavy (non-hydrogen) atoms. The van der Waals surface area contributed by atoms with Crippen molar-refractivity contribution in [2.24, 2.45) is 0 Å². The molecular weight excluding hydrogens is 168 g/mol. The maximum Gasteiger partial charge on any atom is 0.163 e. The number of nitrogen functional groups attached to an aromatic ring is 2. The maximum atomic E-state index is 5.61. The van der Waals surface area contributed by atoms with E-state index in [-0.39, 0.29) is 0 Å². The first kappa shape index (κ1) is 9.51. The van der Waals surface area contributed by atoms with Crippen molar-refractivity contribution in [1.82, 2.24) is 0 Å². The summed E-state index contributed by atoms with van der Waals surface area (Å²) >= 11 is 0. The monoisotopic (exact) mass is 182 g/mol. The Bertz CT molecular complexity index is 300. The summed E-state index contributed by atoms with van der Waals surface area (Å²) in [5, 5.41) is 0. The second kappa shape index (κ2) is 3.89. The van der Waals surface area contributed by atoms with E-state index < -0.39 is 0 Å². The van der Waals surface area contributed by atoms with Gasteiger partial charge in [-0.05, 0) is 6.92 Å². The van der Waals surface area contributed by atoms with E-state index in [1.807, 2.05) is 6.92 Å². The molecule has 0 aliphatic carbocycles. The average molecular weight is 182 g/mol. The van der Waals surface area contributed by atoms with E-state index in [4.69, 9.17) is 20.9 Å². The van der Waals surface area contributed by atoms with E-state index in [1.165, 1.54) is 0 Å². The molecule has 0 aromatic heterocycles. The predicted molar refractivity (Wildman–Crippen MR) is 53.0 cm³/mol. The van der Waals surface area contributed by atoms with Crippen LogP contribution in [-0.4, -0.2) is 13.7 Å². The summed E-state index contributed by atoms with van der Waals surface area (Å²) in [4.78, 5) is 0. The number of ether oxygens (including phenoxy) is 2. The number of benzene rings is 1. The number of hydrogen-bond donors (Lipinski definition) is 2. The van der Waals surface area contributed by atoms with Crippen molar-refractivity contribution in [1.29, 1.82) is 0 Å². The topological polar surface area (TPSA) is 70.5 Å². The second-order valence-electron chi connectivity index (χ2n) is 2.56. The molecular formula is C9H14N2O2. The number of anilines is 2. The molecule has 0 aliphatic heterocycles. The first-order valence-corrected chi connectivity index (χ1v) is 4.04. The Hall–Kier alpha value is -1.58. The Morgan fingerprint density at radius 2 is 1.69 bits per heavy atom. The van der Waals surface area contributed by atoms with E-state index in [0.29, 0.717) is 29.5 Å². The van der Waals surface area contributed by atoms with Gasteiger partial charge in [-0.25, -0.2) is 0 Å². The summed E-state index contributed by atoms with van der Waals surface area (Å²) in [5.74, 6) is 1.23. The van der Waals surface area contributed by atoms with Crippen molar-refractivity contribution >= 4 is 11.4 Å². The van der Waals surface area contributed by atoms with Gasteiger partial charge in [-0.3, -0.25) is 0 Å². The van der Waals surface area contributed by atoms with Crippen LogP contribution >= 0.6 is 0 Å². The van der Waals surface area contributed by atoms with Crippen LogP contribution in [0.1, 0.15) is 6.92 Å². The number of nitrogens with two attached hydrogens (primary N) is 2. The first-order valence-electron chi connectivity index (χ1n) is 4.04. The molecule has 72 valence electrons. The fourth-order valence-electron chi connectivity index (χ4n) is 1.02. The number of rotatable bonds is 3. The first-order chi connectivity index (χ1) is 6.19. The van der Waals surface area contributed by atoms with Gasteiger partial charge < -0.3 is 20.9 Å². The Morgan fingerprint density at radius 3 is 2.15 bits per heavy atom. The third kappa shape index (κ3) is 1.96. The van der Waals surface area contributed by atoms with Crippen LogP contribution in [0, 0.1) is 0 Å². The van der Waals surface area contributed by atoms with Crippen molar-refractivity contribution in [3.63, 3.8) is 0 Å². The van der Waals surface area contributed by atoms with Crippen LogP contribution in [0.2, 0.25) is 0 Å². The van der Waals surface area contributed by atoms with Crippen molar-refractivity contribution in [2.45, 2.75) is 6.92 Å². The van der Waals surface area contributed by atoms with Gasteiger partial charge >= 0.3 is 0 Å². The third-order valence-corrected chi connectivity index (χ3v) is 1.67. The maximum absolute atomic E-state index is 5.61. The zero-order valence-electron chi connectivity index (χ0n) is 7.83. The minimum atomic E-state index is 0.500. The lowest BCUT2D eigenvalue weighted by Gasteiger charge is -2.11. The molecule has 0 saturated heterocycles. The minimum Gasteiger partial charge on any atom is -0.493 e. The lowest BCUT2D eigenvalue weighted by Crippen LogP contribution is -2.00. The van der Waals surface area contributed by atoms with Gasteiger partial charge in [0.1, 0.15) is 0 Å². The molecule has 0 unspecified atom stereocenters. The van der Waals surface area contributed by atoms with Crippen LogP contribution in [-0.2, 0) is 0 Å². The highest BCUT2D eigenvalue weighted by Crippen LogP contribution is 2.33. The van der Waals surface area contributed by atoms with Gasteiger partial charge in [0.05, 0.1) is 25.1 Å². The quantitative estimate of drug-likeness (QED) is 0.690. The van der Waals surface area contributed by atoms with Crippen LogP contribution in [0.5, 0.6) is 11.5 Å². The molecule has 0 aliphatic rings. The molecule has 4 nitrogen and oxygen atoms in total. The third-order valence-electron chi connectivity index (χ3n) is 1.67. The molecule has 0 heterocycles. The average Bonchev–Trinajstić information content (AvgIpc) is 2.11. The normalized spacial score (nSPS) is 9.69. The molecule has 1 aromatic rings. The highest BCUT2D eigenvalue weighted by molar-refractivity contribution is 5.69. The van der Waals surface area contributed by atoms with E-state index in [1.54, 1.807) is 19.2 Å². The molecule has 0 saturated carbocycles. The standard InChI is InChI=1S/C9H14N2O2/c1-3-13-9-5-7(11)6(10)4-8(9)12-2/h4-5H,3,10-11H2,1-2H3. The van der Waals surface area contributed by atoms with Gasteiger partial charge in [-0.1, -0.05) is 0 Å².